The molecule has 10 atom stereocenters. The second-order valence-electron chi connectivity index (χ2n) is 9.81. The molecule has 5 heteroatoms. The molecule has 5 aliphatic rings. The maximum absolute atomic E-state index is 12.5. The van der Waals surface area contributed by atoms with Crippen molar-refractivity contribution in [3.8, 4) is 0 Å². The lowest BCUT2D eigenvalue weighted by Crippen LogP contribution is -2.54. The van der Waals surface area contributed by atoms with Crippen molar-refractivity contribution in [3.05, 3.63) is 0 Å². The van der Waals surface area contributed by atoms with Crippen LogP contribution < -0.4 is 0 Å². The van der Waals surface area contributed by atoms with Gasteiger partial charge >= 0.3 is 11.9 Å². The second-order valence-corrected chi connectivity index (χ2v) is 9.81. The van der Waals surface area contributed by atoms with Crippen LogP contribution in [-0.4, -0.2) is 47.7 Å². The Kier molecular flexibility index (Phi) is 4.30. The predicted molar refractivity (Wildman–Crippen MR) is 99.7 cm³/mol. The van der Waals surface area contributed by atoms with Crippen molar-refractivity contribution in [1.82, 2.24) is 4.90 Å². The van der Waals surface area contributed by atoms with E-state index in [4.69, 9.17) is 9.47 Å². The minimum atomic E-state index is -0.0294. The summed E-state index contributed by atoms with van der Waals surface area (Å²) in [6.45, 7) is 7.44. The molecule has 5 nitrogen and oxygen atoms in total. The van der Waals surface area contributed by atoms with Crippen LogP contribution in [0.15, 0.2) is 0 Å². The van der Waals surface area contributed by atoms with Crippen LogP contribution in [0.3, 0.4) is 0 Å². The normalized spacial score (nSPS) is 52.1. The van der Waals surface area contributed by atoms with Gasteiger partial charge in [0.25, 0.3) is 0 Å². The monoisotopic (exact) mass is 375 g/mol. The molecule has 0 aromatic heterocycles. The quantitative estimate of drug-likeness (QED) is 0.695. The Morgan fingerprint density at radius 3 is 2.56 bits per heavy atom. The molecule has 0 unspecified atom stereocenters. The van der Waals surface area contributed by atoms with Crippen molar-refractivity contribution < 1.29 is 19.1 Å². The van der Waals surface area contributed by atoms with Gasteiger partial charge in [-0.15, -0.1) is 0 Å². The average molecular weight is 376 g/mol. The molecule has 1 saturated carbocycles. The molecule has 0 amide bonds. The second kappa shape index (κ2) is 6.47. The zero-order chi connectivity index (χ0) is 18.9. The summed E-state index contributed by atoms with van der Waals surface area (Å²) < 4.78 is 11.8. The van der Waals surface area contributed by atoms with Crippen molar-refractivity contribution in [3.63, 3.8) is 0 Å². The van der Waals surface area contributed by atoms with Crippen LogP contribution in [0.4, 0.5) is 0 Å². The highest BCUT2D eigenvalue weighted by Crippen LogP contribution is 2.57. The van der Waals surface area contributed by atoms with Crippen molar-refractivity contribution in [1.29, 1.82) is 0 Å². The van der Waals surface area contributed by atoms with Crippen molar-refractivity contribution in [2.24, 2.45) is 35.5 Å². The number of hydrogen-bond donors (Lipinski definition) is 0. The van der Waals surface area contributed by atoms with Crippen molar-refractivity contribution in [2.75, 3.05) is 6.54 Å². The number of hydrogen-bond acceptors (Lipinski definition) is 5. The van der Waals surface area contributed by atoms with Gasteiger partial charge < -0.3 is 9.47 Å². The summed E-state index contributed by atoms with van der Waals surface area (Å²) in [6.07, 6.45) is 6.87. The fraction of sp³-hybridized carbons (Fsp3) is 0.909. The Morgan fingerprint density at radius 2 is 1.85 bits per heavy atom. The average Bonchev–Trinajstić information content (AvgIpc) is 3.20. The molecule has 1 aliphatic carbocycles. The molecule has 0 N–H and O–H groups in total. The third-order valence-electron chi connectivity index (χ3n) is 8.61. The number of cyclic esters (lactones) is 1. The summed E-state index contributed by atoms with van der Waals surface area (Å²) in [5.41, 5.74) is 0. The van der Waals surface area contributed by atoms with E-state index in [9.17, 15) is 9.59 Å². The van der Waals surface area contributed by atoms with Crippen LogP contribution >= 0.6 is 0 Å². The van der Waals surface area contributed by atoms with Gasteiger partial charge in [0.1, 0.15) is 12.2 Å². The van der Waals surface area contributed by atoms with Gasteiger partial charge in [-0.1, -0.05) is 27.2 Å². The Balaban J connectivity index is 1.51. The van der Waals surface area contributed by atoms with Crippen LogP contribution in [0.25, 0.3) is 0 Å². The van der Waals surface area contributed by atoms with Gasteiger partial charge in [0.05, 0.1) is 11.8 Å². The summed E-state index contributed by atoms with van der Waals surface area (Å²) >= 11 is 0. The number of esters is 2. The van der Waals surface area contributed by atoms with Gasteiger partial charge in [-0.25, -0.2) is 0 Å². The first-order chi connectivity index (χ1) is 13.0. The molecule has 150 valence electrons. The van der Waals surface area contributed by atoms with E-state index in [0.717, 1.165) is 25.8 Å². The standard InChI is InChI=1S/C22H33NO4/c1-4-13-14-7-5-6-8-23-16(17-9-11(2)21(24)26-17)10-15(19(14)23)18-12(3)22(25)27-20(13)18/h11-20H,4-10H2,1-3H3/t11-,12-,13-,14-,15-,16-,17-,18+,19+,20-/m0/s1. The number of carbonyl (C=O) groups is 2. The van der Waals surface area contributed by atoms with E-state index in [2.05, 4.69) is 18.7 Å². The minimum Gasteiger partial charge on any atom is -0.462 e. The van der Waals surface area contributed by atoms with Crippen LogP contribution in [0.2, 0.25) is 0 Å². The number of rotatable bonds is 2. The first kappa shape index (κ1) is 18.0. The summed E-state index contributed by atoms with van der Waals surface area (Å²) in [5, 5.41) is 0. The van der Waals surface area contributed by atoms with Gasteiger partial charge in [-0.05, 0) is 50.5 Å². The lowest BCUT2D eigenvalue weighted by Gasteiger charge is -2.48. The molecule has 5 rings (SSSR count). The smallest absolute Gasteiger partial charge is 0.309 e. The number of fused-ring (bicyclic) bond motifs is 2. The van der Waals surface area contributed by atoms with Gasteiger partial charge in [-0.2, -0.15) is 0 Å². The van der Waals surface area contributed by atoms with E-state index in [0.29, 0.717) is 35.8 Å². The van der Waals surface area contributed by atoms with Gasteiger partial charge in [0.2, 0.25) is 0 Å². The fourth-order valence-corrected chi connectivity index (χ4v) is 7.48. The van der Waals surface area contributed by atoms with Crippen LogP contribution in [0.1, 0.15) is 59.3 Å². The lowest BCUT2D eigenvalue weighted by molar-refractivity contribution is -0.148. The summed E-state index contributed by atoms with van der Waals surface area (Å²) in [4.78, 5) is 27.3. The molecule has 0 aromatic carbocycles. The molecule has 0 aromatic rings. The van der Waals surface area contributed by atoms with E-state index in [1.165, 1.54) is 19.3 Å². The molecular formula is C22H33NO4. The Morgan fingerprint density at radius 1 is 1.04 bits per heavy atom. The Labute approximate surface area is 162 Å². The van der Waals surface area contributed by atoms with Crippen molar-refractivity contribution >= 4 is 11.9 Å². The topological polar surface area (TPSA) is 55.8 Å². The van der Waals surface area contributed by atoms with E-state index >= 15 is 0 Å². The molecule has 27 heavy (non-hydrogen) atoms. The highest BCUT2D eigenvalue weighted by atomic mass is 16.6. The van der Waals surface area contributed by atoms with E-state index < -0.39 is 0 Å². The molecule has 4 saturated heterocycles. The first-order valence-corrected chi connectivity index (χ1v) is 11.2. The lowest BCUT2D eigenvalue weighted by atomic mass is 9.60. The van der Waals surface area contributed by atoms with Gasteiger partial charge in [0, 0.05) is 23.9 Å². The molecular weight excluding hydrogens is 342 g/mol. The summed E-state index contributed by atoms with van der Waals surface area (Å²) in [6, 6.07) is 0.865. The third kappa shape index (κ3) is 2.53. The highest BCUT2D eigenvalue weighted by molar-refractivity contribution is 5.75. The number of ether oxygens (including phenoxy) is 2. The van der Waals surface area contributed by atoms with Crippen LogP contribution in [0.5, 0.6) is 0 Å². The van der Waals surface area contributed by atoms with Crippen LogP contribution in [-0.2, 0) is 19.1 Å². The van der Waals surface area contributed by atoms with E-state index in [-0.39, 0.29) is 36.0 Å². The van der Waals surface area contributed by atoms with Crippen molar-refractivity contribution in [2.45, 2.75) is 83.6 Å². The molecule has 4 aliphatic heterocycles. The zero-order valence-electron chi connectivity index (χ0n) is 16.8. The largest absolute Gasteiger partial charge is 0.462 e. The highest BCUT2D eigenvalue weighted by Gasteiger charge is 2.63. The van der Waals surface area contributed by atoms with Crippen LogP contribution in [0, 0.1) is 35.5 Å². The number of nitrogens with zero attached hydrogens (tertiary/aromatic N) is 1. The molecule has 0 spiro atoms. The van der Waals surface area contributed by atoms with E-state index in [1.54, 1.807) is 0 Å². The molecule has 5 fully saturated rings. The molecule has 0 bridgehead atoms. The SMILES string of the molecule is CC[C@H]1[C@@H]2CCCCN3[C@H]2[C@@H](C[C@H]3[C@@H]2C[C@H](C)C(=O)O2)[C@@H]2[C@H]1OC(=O)[C@H]2C. The summed E-state index contributed by atoms with van der Waals surface area (Å²) in [7, 11) is 0. The fourth-order valence-electron chi connectivity index (χ4n) is 7.48. The van der Waals surface area contributed by atoms with Gasteiger partial charge in [0.15, 0.2) is 0 Å². The summed E-state index contributed by atoms with van der Waals surface area (Å²) in [5.74, 6) is 1.94. The predicted octanol–water partition coefficient (Wildman–Crippen LogP) is 3.01. The zero-order valence-corrected chi connectivity index (χ0v) is 16.8. The molecule has 0 radical (unpaired) electrons. The maximum atomic E-state index is 12.5. The third-order valence-corrected chi connectivity index (χ3v) is 8.61. The Hall–Kier alpha value is -1.10. The van der Waals surface area contributed by atoms with E-state index in [1.807, 2.05) is 6.92 Å². The van der Waals surface area contributed by atoms with Gasteiger partial charge in [-0.3, -0.25) is 14.5 Å². The minimum absolute atomic E-state index is 0.00362. The maximum Gasteiger partial charge on any atom is 0.309 e. The molecule has 4 heterocycles. The number of carbonyl (C=O) groups excluding carboxylic acids is 2. The Bertz CT molecular complexity index is 636. The first-order valence-electron chi connectivity index (χ1n) is 11.2.